The minimum absolute atomic E-state index is 0.149. The Balaban J connectivity index is 1.21. The third-order valence-corrected chi connectivity index (χ3v) is 9.61. The Morgan fingerprint density at radius 2 is 1.79 bits per heavy atom. The summed E-state index contributed by atoms with van der Waals surface area (Å²) in [7, 11) is 0. The molecule has 1 aliphatic heterocycles. The molecule has 28 heavy (non-hydrogen) atoms. The average Bonchev–Trinajstić information content (AvgIpc) is 3.48. The first-order valence-electron chi connectivity index (χ1n) is 9.21. The molecule has 2 aromatic heterocycles. The van der Waals surface area contributed by atoms with Crippen LogP contribution < -0.4 is 0 Å². The quantitative estimate of drug-likeness (QED) is 0.329. The zero-order chi connectivity index (χ0) is 18.8. The van der Waals surface area contributed by atoms with Gasteiger partial charge in [-0.05, 0) is 0 Å². The van der Waals surface area contributed by atoms with Crippen molar-refractivity contribution < 1.29 is 9.59 Å². The summed E-state index contributed by atoms with van der Waals surface area (Å²) < 4.78 is 3.18. The van der Waals surface area contributed by atoms with Gasteiger partial charge in [0.05, 0.1) is 0 Å². The molecule has 0 saturated carbocycles. The average molecular weight is 448 g/mol. The van der Waals surface area contributed by atoms with Gasteiger partial charge in [0.2, 0.25) is 0 Å². The summed E-state index contributed by atoms with van der Waals surface area (Å²) in [5.41, 5.74) is 5.20. The van der Waals surface area contributed by atoms with Gasteiger partial charge in [0.1, 0.15) is 0 Å². The van der Waals surface area contributed by atoms with Gasteiger partial charge in [0.25, 0.3) is 0 Å². The maximum absolute atomic E-state index is 12.6. The topological polar surface area (TPSA) is 37.4 Å². The number of carbonyl (C=O) groups is 2. The molecule has 0 saturated heterocycles. The molecular formula is C23H15NO2SSe. The maximum atomic E-state index is 12.6. The van der Waals surface area contributed by atoms with Crippen LogP contribution in [0.15, 0.2) is 70.8 Å². The third kappa shape index (κ3) is 2.34. The fourth-order valence-corrected chi connectivity index (χ4v) is 8.34. The molecule has 3 aliphatic rings. The van der Waals surface area contributed by atoms with E-state index in [4.69, 9.17) is 0 Å². The summed E-state index contributed by atoms with van der Waals surface area (Å²) in [6.07, 6.45) is 6.78. The third-order valence-electron chi connectivity index (χ3n) is 5.71. The molecule has 3 nitrogen and oxygen atoms in total. The molecule has 136 valence electrons. The number of thiophene rings is 1. The van der Waals surface area contributed by atoms with Crippen LogP contribution in [0.2, 0.25) is 0 Å². The van der Waals surface area contributed by atoms with Crippen molar-refractivity contribution in [2.75, 3.05) is 0 Å². The van der Waals surface area contributed by atoms with Crippen LogP contribution in [0.1, 0.15) is 37.1 Å². The molecule has 0 spiro atoms. The van der Waals surface area contributed by atoms with Crippen LogP contribution in [0.4, 0.5) is 0 Å². The van der Waals surface area contributed by atoms with Crippen molar-refractivity contribution in [1.82, 2.24) is 4.90 Å². The number of ketones is 2. The SMILES string of the molecule is O=C1C(=CC2=CC=C(N3Cc4[se]c5sccc5c4C3)C2)C(=O)c2ccccc21. The summed E-state index contributed by atoms with van der Waals surface area (Å²) in [6, 6.07) is 9.35. The Bertz CT molecular complexity index is 1250. The van der Waals surface area contributed by atoms with E-state index in [0.717, 1.165) is 25.1 Å². The number of hydrogen-bond donors (Lipinski definition) is 0. The van der Waals surface area contributed by atoms with E-state index < -0.39 is 0 Å². The van der Waals surface area contributed by atoms with Gasteiger partial charge in [0, 0.05) is 0 Å². The van der Waals surface area contributed by atoms with Crippen LogP contribution in [0, 0.1) is 0 Å². The first kappa shape index (κ1) is 16.5. The molecular weight excluding hydrogens is 433 g/mol. The molecule has 3 aromatic rings. The second-order valence-electron chi connectivity index (χ2n) is 7.32. The van der Waals surface area contributed by atoms with Crippen LogP contribution in [0.3, 0.4) is 0 Å². The first-order valence-corrected chi connectivity index (χ1v) is 11.8. The summed E-state index contributed by atoms with van der Waals surface area (Å²) >= 11 is 2.37. The van der Waals surface area contributed by atoms with E-state index >= 15 is 0 Å². The van der Waals surface area contributed by atoms with Gasteiger partial charge in [-0.25, -0.2) is 0 Å². The van der Waals surface area contributed by atoms with E-state index in [2.05, 4.69) is 28.5 Å². The first-order chi connectivity index (χ1) is 13.7. The van der Waals surface area contributed by atoms with E-state index in [9.17, 15) is 9.59 Å². The van der Waals surface area contributed by atoms with Crippen molar-refractivity contribution in [3.05, 3.63) is 91.9 Å². The molecule has 0 N–H and O–H groups in total. The van der Waals surface area contributed by atoms with E-state index in [1.165, 1.54) is 16.6 Å². The molecule has 0 atom stereocenters. The van der Waals surface area contributed by atoms with Crippen molar-refractivity contribution in [3.63, 3.8) is 0 Å². The number of benzene rings is 1. The monoisotopic (exact) mass is 449 g/mol. The van der Waals surface area contributed by atoms with Crippen molar-refractivity contribution in [1.29, 1.82) is 0 Å². The Kier molecular flexibility index (Phi) is 3.54. The van der Waals surface area contributed by atoms with Gasteiger partial charge < -0.3 is 0 Å². The molecule has 6 rings (SSSR count). The van der Waals surface area contributed by atoms with Gasteiger partial charge in [0.15, 0.2) is 0 Å². The molecule has 1 aromatic carbocycles. The summed E-state index contributed by atoms with van der Waals surface area (Å²) in [5.74, 6) is -0.297. The van der Waals surface area contributed by atoms with Crippen molar-refractivity contribution in [2.24, 2.45) is 0 Å². The van der Waals surface area contributed by atoms with Crippen LogP contribution in [0.5, 0.6) is 0 Å². The molecule has 0 fully saturated rings. The molecule has 0 unspecified atom stereocenters. The second kappa shape index (κ2) is 6.02. The Hall–Kier alpha value is -2.46. The second-order valence-corrected chi connectivity index (χ2v) is 11.1. The molecule has 2 aliphatic carbocycles. The number of allylic oxidation sites excluding steroid dienone is 5. The van der Waals surface area contributed by atoms with E-state index in [0.29, 0.717) is 31.2 Å². The van der Waals surface area contributed by atoms with Gasteiger partial charge in [-0.15, -0.1) is 0 Å². The Morgan fingerprint density at radius 1 is 1.00 bits per heavy atom. The Labute approximate surface area is 172 Å². The number of hydrogen-bond acceptors (Lipinski definition) is 4. The van der Waals surface area contributed by atoms with Crippen molar-refractivity contribution in [2.45, 2.75) is 19.5 Å². The zero-order valence-corrected chi connectivity index (χ0v) is 17.4. The van der Waals surface area contributed by atoms with E-state index in [1.54, 1.807) is 38.4 Å². The zero-order valence-electron chi connectivity index (χ0n) is 14.9. The van der Waals surface area contributed by atoms with Crippen LogP contribution in [0.25, 0.3) is 8.96 Å². The number of Topliss-reactive ketones (excluding diaryl/α,β-unsaturated/α-hetero) is 2. The van der Waals surface area contributed by atoms with Gasteiger partial charge >= 0.3 is 172 Å². The van der Waals surface area contributed by atoms with Gasteiger partial charge in [-0.1, -0.05) is 0 Å². The molecule has 3 heterocycles. The predicted octanol–water partition coefficient (Wildman–Crippen LogP) is 4.49. The van der Waals surface area contributed by atoms with Crippen molar-refractivity contribution in [3.8, 4) is 0 Å². The minimum atomic E-state index is -0.149. The number of fused-ring (bicyclic) bond motifs is 4. The summed E-state index contributed by atoms with van der Waals surface area (Å²) in [4.78, 5) is 27.7. The Morgan fingerprint density at radius 3 is 2.57 bits per heavy atom. The van der Waals surface area contributed by atoms with Crippen LogP contribution in [-0.4, -0.2) is 31.0 Å². The summed E-state index contributed by atoms with van der Waals surface area (Å²) in [6.45, 7) is 2.00. The number of rotatable bonds is 2. The van der Waals surface area contributed by atoms with Crippen molar-refractivity contribution >= 4 is 46.4 Å². The number of nitrogens with zero attached hydrogens (tertiary/aromatic N) is 1. The standard InChI is InChI=1S/C23H15NO2SSe/c25-21-15-3-1-2-4-16(15)22(26)18(21)10-13-5-6-14(9-13)24-11-19-17-7-8-27-23(17)28-20(19)12-24/h1-8,10H,9,11-12H2. The van der Waals surface area contributed by atoms with E-state index in [-0.39, 0.29) is 11.6 Å². The van der Waals surface area contributed by atoms with Gasteiger partial charge in [-0.2, -0.15) is 0 Å². The summed E-state index contributed by atoms with van der Waals surface area (Å²) in [5, 5.41) is 3.67. The normalized spacial score (nSPS) is 18.0. The molecule has 0 bridgehead atoms. The van der Waals surface area contributed by atoms with Gasteiger partial charge in [-0.3, -0.25) is 0 Å². The predicted molar refractivity (Wildman–Crippen MR) is 112 cm³/mol. The van der Waals surface area contributed by atoms with Crippen LogP contribution in [-0.2, 0) is 13.1 Å². The van der Waals surface area contributed by atoms with Crippen LogP contribution >= 0.6 is 11.3 Å². The molecule has 5 heteroatoms. The molecule has 0 amide bonds. The fourth-order valence-electron chi connectivity index (χ4n) is 4.28. The number of carbonyl (C=O) groups excluding carboxylic acids is 2. The fraction of sp³-hybridized carbons (Fsp3) is 0.130. The van der Waals surface area contributed by atoms with E-state index in [1.807, 2.05) is 11.3 Å². The molecule has 0 radical (unpaired) electrons.